The van der Waals surface area contributed by atoms with Crippen molar-refractivity contribution >= 4 is 10.0 Å². The van der Waals surface area contributed by atoms with Crippen molar-refractivity contribution in [3.63, 3.8) is 0 Å². The van der Waals surface area contributed by atoms with E-state index in [1.807, 2.05) is 19.1 Å². The first-order valence-electron chi connectivity index (χ1n) is 5.87. The van der Waals surface area contributed by atoms with Gasteiger partial charge in [0.1, 0.15) is 0 Å². The molecule has 0 amide bonds. The Morgan fingerprint density at radius 1 is 1.05 bits per heavy atom. The van der Waals surface area contributed by atoms with Crippen LogP contribution < -0.4 is 0 Å². The summed E-state index contributed by atoms with van der Waals surface area (Å²) >= 11 is 0. The van der Waals surface area contributed by atoms with Gasteiger partial charge in [0.25, 0.3) is 0 Å². The lowest BCUT2D eigenvalue weighted by atomic mass is 10.1. The summed E-state index contributed by atoms with van der Waals surface area (Å²) in [6, 6.07) is 10.7. The number of hydrogen-bond donors (Lipinski definition) is 0. The molecule has 5 heteroatoms. The van der Waals surface area contributed by atoms with Gasteiger partial charge in [0, 0.05) is 31.5 Å². The topological polar surface area (TPSA) is 50.3 Å². The van der Waals surface area contributed by atoms with Crippen molar-refractivity contribution < 1.29 is 8.42 Å². The average Bonchev–Trinajstić information content (AvgIpc) is 2.39. The first kappa shape index (κ1) is 13.7. The zero-order chi connectivity index (χ0) is 14.0. The van der Waals surface area contributed by atoms with Crippen molar-refractivity contribution in [1.29, 1.82) is 0 Å². The molecule has 0 spiro atoms. The Hall–Kier alpha value is -1.72. The molecule has 1 aromatic heterocycles. The van der Waals surface area contributed by atoms with Gasteiger partial charge in [-0.2, -0.15) is 0 Å². The fraction of sp³-hybridized carbons (Fsp3) is 0.214. The Morgan fingerprint density at radius 3 is 2.21 bits per heavy atom. The van der Waals surface area contributed by atoms with Crippen molar-refractivity contribution in [3.05, 3.63) is 48.3 Å². The molecule has 4 nitrogen and oxygen atoms in total. The molecule has 0 saturated heterocycles. The Bertz CT molecular complexity index is 677. The largest absolute Gasteiger partial charge is 0.261 e. The smallest absolute Gasteiger partial charge is 0.242 e. The minimum atomic E-state index is -3.37. The molecule has 0 aliphatic rings. The molecule has 1 aromatic carbocycles. The van der Waals surface area contributed by atoms with Crippen LogP contribution in [0.1, 0.15) is 5.69 Å². The summed E-state index contributed by atoms with van der Waals surface area (Å²) in [6.45, 7) is 1.93. The lowest BCUT2D eigenvalue weighted by molar-refractivity contribution is 0.521. The minimum Gasteiger partial charge on any atom is -0.261 e. The Balaban J connectivity index is 2.43. The number of benzene rings is 1. The summed E-state index contributed by atoms with van der Waals surface area (Å²) in [7, 11) is -0.324. The third-order valence-corrected chi connectivity index (χ3v) is 4.78. The van der Waals surface area contributed by atoms with Crippen LogP contribution in [0.2, 0.25) is 0 Å². The first-order valence-corrected chi connectivity index (χ1v) is 7.31. The van der Waals surface area contributed by atoms with Crippen LogP contribution in [0.25, 0.3) is 11.1 Å². The van der Waals surface area contributed by atoms with Crippen LogP contribution in [0, 0.1) is 6.92 Å². The lowest BCUT2D eigenvalue weighted by Gasteiger charge is -2.12. The second kappa shape index (κ2) is 5.11. The van der Waals surface area contributed by atoms with Crippen molar-refractivity contribution in [1.82, 2.24) is 9.29 Å². The molecule has 19 heavy (non-hydrogen) atoms. The van der Waals surface area contributed by atoms with Crippen LogP contribution in [-0.4, -0.2) is 31.8 Å². The van der Waals surface area contributed by atoms with E-state index in [1.165, 1.54) is 18.4 Å². The lowest BCUT2D eigenvalue weighted by Crippen LogP contribution is -2.22. The molecule has 0 saturated carbocycles. The number of hydrogen-bond acceptors (Lipinski definition) is 3. The third-order valence-electron chi connectivity index (χ3n) is 2.95. The highest BCUT2D eigenvalue weighted by Gasteiger charge is 2.16. The summed E-state index contributed by atoms with van der Waals surface area (Å²) in [5, 5.41) is 0. The molecule has 0 aliphatic carbocycles. The molecule has 1 heterocycles. The average molecular weight is 276 g/mol. The zero-order valence-electron chi connectivity index (χ0n) is 11.2. The Labute approximate surface area is 113 Å². The maximum atomic E-state index is 12.0. The minimum absolute atomic E-state index is 0.294. The highest BCUT2D eigenvalue weighted by molar-refractivity contribution is 7.89. The standard InChI is InChI=1S/C14H16N2O2S/c1-11-14(5-4-10-15-11)12-6-8-13(9-7-12)19(17,18)16(2)3/h4-10H,1-3H3. The molecular formula is C14H16N2O2S. The van der Waals surface area contributed by atoms with Gasteiger partial charge in [-0.15, -0.1) is 0 Å². The molecule has 0 N–H and O–H groups in total. The SMILES string of the molecule is Cc1ncccc1-c1ccc(S(=O)(=O)N(C)C)cc1. The maximum Gasteiger partial charge on any atom is 0.242 e. The van der Waals surface area contributed by atoms with E-state index in [2.05, 4.69) is 4.98 Å². The predicted octanol–water partition coefficient (Wildman–Crippen LogP) is 2.31. The van der Waals surface area contributed by atoms with Crippen LogP contribution >= 0.6 is 0 Å². The Kier molecular flexibility index (Phi) is 3.68. The fourth-order valence-electron chi connectivity index (χ4n) is 1.81. The normalized spacial score (nSPS) is 11.8. The molecule has 2 rings (SSSR count). The van der Waals surface area contributed by atoms with Crippen LogP contribution in [0.5, 0.6) is 0 Å². The molecule has 0 bridgehead atoms. The quantitative estimate of drug-likeness (QED) is 0.864. The summed E-state index contributed by atoms with van der Waals surface area (Å²) in [5.74, 6) is 0. The third kappa shape index (κ3) is 2.67. The number of rotatable bonds is 3. The van der Waals surface area contributed by atoms with Crippen molar-refractivity contribution in [3.8, 4) is 11.1 Å². The highest BCUT2D eigenvalue weighted by Crippen LogP contribution is 2.23. The van der Waals surface area contributed by atoms with E-state index in [4.69, 9.17) is 0 Å². The molecule has 0 radical (unpaired) electrons. The number of pyridine rings is 1. The second-order valence-electron chi connectivity index (χ2n) is 4.45. The van der Waals surface area contributed by atoms with Crippen LogP contribution in [0.15, 0.2) is 47.5 Å². The number of nitrogens with zero attached hydrogens (tertiary/aromatic N) is 2. The van der Waals surface area contributed by atoms with Gasteiger partial charge in [-0.3, -0.25) is 4.98 Å². The summed E-state index contributed by atoms with van der Waals surface area (Å²) < 4.78 is 25.1. The first-order chi connectivity index (χ1) is 8.93. The van der Waals surface area contributed by atoms with Crippen LogP contribution in [-0.2, 0) is 10.0 Å². The van der Waals surface area contributed by atoms with Gasteiger partial charge in [-0.05, 0) is 30.7 Å². The molecule has 0 atom stereocenters. The summed E-state index contributed by atoms with van der Waals surface area (Å²) in [6.07, 6.45) is 1.74. The van der Waals surface area contributed by atoms with Crippen molar-refractivity contribution in [2.75, 3.05) is 14.1 Å². The fourth-order valence-corrected chi connectivity index (χ4v) is 2.71. The Morgan fingerprint density at radius 2 is 1.68 bits per heavy atom. The molecule has 2 aromatic rings. The van der Waals surface area contributed by atoms with Gasteiger partial charge in [-0.25, -0.2) is 12.7 Å². The number of aromatic nitrogens is 1. The summed E-state index contributed by atoms with van der Waals surface area (Å²) in [4.78, 5) is 4.52. The van der Waals surface area contributed by atoms with E-state index < -0.39 is 10.0 Å². The van der Waals surface area contributed by atoms with E-state index in [9.17, 15) is 8.42 Å². The van der Waals surface area contributed by atoms with E-state index >= 15 is 0 Å². The van der Waals surface area contributed by atoms with E-state index in [1.54, 1.807) is 30.5 Å². The maximum absolute atomic E-state index is 12.0. The summed E-state index contributed by atoms with van der Waals surface area (Å²) in [5.41, 5.74) is 2.89. The number of sulfonamides is 1. The van der Waals surface area contributed by atoms with Gasteiger partial charge in [0.2, 0.25) is 10.0 Å². The molecule has 0 aliphatic heterocycles. The number of aryl methyl sites for hydroxylation is 1. The van der Waals surface area contributed by atoms with Gasteiger partial charge in [0.15, 0.2) is 0 Å². The van der Waals surface area contributed by atoms with Gasteiger partial charge >= 0.3 is 0 Å². The van der Waals surface area contributed by atoms with Crippen LogP contribution in [0.4, 0.5) is 0 Å². The monoisotopic (exact) mass is 276 g/mol. The van der Waals surface area contributed by atoms with Gasteiger partial charge in [0.05, 0.1) is 4.90 Å². The van der Waals surface area contributed by atoms with Gasteiger partial charge in [-0.1, -0.05) is 18.2 Å². The zero-order valence-corrected chi connectivity index (χ0v) is 12.0. The highest BCUT2D eigenvalue weighted by atomic mass is 32.2. The molecule has 100 valence electrons. The van der Waals surface area contributed by atoms with Crippen molar-refractivity contribution in [2.24, 2.45) is 0 Å². The molecule has 0 fully saturated rings. The van der Waals surface area contributed by atoms with E-state index in [0.717, 1.165) is 16.8 Å². The molecular weight excluding hydrogens is 260 g/mol. The van der Waals surface area contributed by atoms with E-state index in [0.29, 0.717) is 4.90 Å². The van der Waals surface area contributed by atoms with E-state index in [-0.39, 0.29) is 0 Å². The second-order valence-corrected chi connectivity index (χ2v) is 6.60. The van der Waals surface area contributed by atoms with Crippen molar-refractivity contribution in [2.45, 2.75) is 11.8 Å². The van der Waals surface area contributed by atoms with Gasteiger partial charge < -0.3 is 0 Å². The predicted molar refractivity (Wildman–Crippen MR) is 75.3 cm³/mol. The van der Waals surface area contributed by atoms with Crippen LogP contribution in [0.3, 0.4) is 0 Å². The molecule has 0 unspecified atom stereocenters.